The number of nitrogens with zero attached hydrogens (tertiary/aromatic N) is 2. The number of benzene rings is 2. The van der Waals surface area contributed by atoms with Crippen molar-refractivity contribution in [1.82, 2.24) is 4.31 Å². The van der Waals surface area contributed by atoms with Crippen molar-refractivity contribution < 1.29 is 18.0 Å². The first kappa shape index (κ1) is 18.4. The largest absolute Gasteiger partial charge is 0.323 e. The SMILES string of the molecule is CN(C)S(=O)(=O)c1ccc(Cl)c(C(=O)N2CC(=O)Nc3ccccc32)c1. The van der Waals surface area contributed by atoms with Crippen molar-refractivity contribution in [3.05, 3.63) is 53.1 Å². The number of hydrogen-bond donors (Lipinski definition) is 1. The number of amides is 2. The Labute approximate surface area is 156 Å². The topological polar surface area (TPSA) is 86.8 Å². The van der Waals surface area contributed by atoms with Crippen molar-refractivity contribution in [2.24, 2.45) is 0 Å². The van der Waals surface area contributed by atoms with Crippen molar-refractivity contribution in [1.29, 1.82) is 0 Å². The zero-order chi connectivity index (χ0) is 19.1. The van der Waals surface area contributed by atoms with E-state index in [1.165, 1.54) is 37.2 Å². The van der Waals surface area contributed by atoms with E-state index >= 15 is 0 Å². The highest BCUT2D eigenvalue weighted by molar-refractivity contribution is 7.89. The van der Waals surface area contributed by atoms with E-state index in [1.807, 2.05) is 0 Å². The number of anilines is 2. The molecule has 2 aromatic carbocycles. The molecule has 0 unspecified atom stereocenters. The van der Waals surface area contributed by atoms with Gasteiger partial charge in [-0.15, -0.1) is 0 Å². The third-order valence-corrected chi connectivity index (χ3v) is 6.10. The monoisotopic (exact) mass is 393 g/mol. The van der Waals surface area contributed by atoms with Gasteiger partial charge in [0.25, 0.3) is 5.91 Å². The Kier molecular flexibility index (Phi) is 4.74. The van der Waals surface area contributed by atoms with Crippen LogP contribution >= 0.6 is 11.6 Å². The molecule has 136 valence electrons. The lowest BCUT2D eigenvalue weighted by atomic mass is 10.1. The van der Waals surface area contributed by atoms with Crippen LogP contribution in [0.5, 0.6) is 0 Å². The van der Waals surface area contributed by atoms with Crippen LogP contribution in [0.3, 0.4) is 0 Å². The minimum Gasteiger partial charge on any atom is -0.323 e. The Balaban J connectivity index is 2.08. The number of carbonyl (C=O) groups is 2. The van der Waals surface area contributed by atoms with E-state index < -0.39 is 15.9 Å². The van der Waals surface area contributed by atoms with Gasteiger partial charge in [0.1, 0.15) is 6.54 Å². The molecule has 0 atom stereocenters. The highest BCUT2D eigenvalue weighted by Crippen LogP contribution is 2.32. The van der Waals surface area contributed by atoms with Gasteiger partial charge < -0.3 is 5.32 Å². The second kappa shape index (κ2) is 6.71. The Morgan fingerprint density at radius 1 is 1.19 bits per heavy atom. The second-order valence-electron chi connectivity index (χ2n) is 5.89. The molecule has 0 fully saturated rings. The number of rotatable bonds is 3. The zero-order valence-electron chi connectivity index (χ0n) is 14.1. The highest BCUT2D eigenvalue weighted by Gasteiger charge is 2.29. The molecule has 1 aliphatic heterocycles. The Hall–Kier alpha value is -2.42. The molecule has 0 aromatic heterocycles. The molecule has 9 heteroatoms. The molecular weight excluding hydrogens is 378 g/mol. The lowest BCUT2D eigenvalue weighted by Crippen LogP contribution is -2.42. The molecule has 0 saturated carbocycles. The summed E-state index contributed by atoms with van der Waals surface area (Å²) in [5.41, 5.74) is 1.04. The van der Waals surface area contributed by atoms with Gasteiger partial charge in [-0.05, 0) is 30.3 Å². The van der Waals surface area contributed by atoms with E-state index in [0.717, 1.165) is 4.31 Å². The summed E-state index contributed by atoms with van der Waals surface area (Å²) in [6.07, 6.45) is 0. The molecule has 0 radical (unpaired) electrons. The van der Waals surface area contributed by atoms with Crippen molar-refractivity contribution in [2.45, 2.75) is 4.90 Å². The number of para-hydroxylation sites is 2. The Morgan fingerprint density at radius 2 is 1.88 bits per heavy atom. The van der Waals surface area contributed by atoms with Gasteiger partial charge >= 0.3 is 0 Å². The number of carbonyl (C=O) groups excluding carboxylic acids is 2. The molecule has 0 spiro atoms. The number of hydrogen-bond acceptors (Lipinski definition) is 4. The normalized spacial score (nSPS) is 14.2. The van der Waals surface area contributed by atoms with Crippen LogP contribution in [0.2, 0.25) is 5.02 Å². The standard InChI is InChI=1S/C17H16ClN3O4S/c1-20(2)26(24,25)11-7-8-13(18)12(9-11)17(23)21-10-16(22)19-14-5-3-4-6-15(14)21/h3-9H,10H2,1-2H3,(H,19,22). The van der Waals surface area contributed by atoms with Gasteiger partial charge in [-0.1, -0.05) is 23.7 Å². The first-order valence-corrected chi connectivity index (χ1v) is 9.46. The van der Waals surface area contributed by atoms with Crippen LogP contribution < -0.4 is 10.2 Å². The van der Waals surface area contributed by atoms with Gasteiger partial charge in [0.2, 0.25) is 15.9 Å². The van der Waals surface area contributed by atoms with E-state index in [4.69, 9.17) is 11.6 Å². The summed E-state index contributed by atoms with van der Waals surface area (Å²) in [5.74, 6) is -0.890. The summed E-state index contributed by atoms with van der Waals surface area (Å²) >= 11 is 6.15. The number of nitrogens with one attached hydrogen (secondary N) is 1. The Bertz CT molecular complexity index is 1000. The average molecular weight is 394 g/mol. The lowest BCUT2D eigenvalue weighted by molar-refractivity contribution is -0.115. The molecule has 2 aromatic rings. The summed E-state index contributed by atoms with van der Waals surface area (Å²) in [7, 11) is -0.928. The van der Waals surface area contributed by atoms with Gasteiger partial charge in [0, 0.05) is 14.1 Å². The minimum atomic E-state index is -3.73. The van der Waals surface area contributed by atoms with Crippen LogP contribution in [0.1, 0.15) is 10.4 Å². The molecule has 2 amide bonds. The fourth-order valence-corrected chi connectivity index (χ4v) is 3.73. The van der Waals surface area contributed by atoms with E-state index in [-0.39, 0.29) is 27.9 Å². The molecule has 0 aliphatic carbocycles. The van der Waals surface area contributed by atoms with Crippen molar-refractivity contribution in [3.8, 4) is 0 Å². The minimum absolute atomic E-state index is 0.0131. The van der Waals surface area contributed by atoms with Gasteiger partial charge in [-0.25, -0.2) is 12.7 Å². The molecular formula is C17H16ClN3O4S. The quantitative estimate of drug-likeness (QED) is 0.865. The fourth-order valence-electron chi connectivity index (χ4n) is 2.60. The molecule has 0 saturated heterocycles. The Morgan fingerprint density at radius 3 is 2.58 bits per heavy atom. The summed E-state index contributed by atoms with van der Waals surface area (Å²) in [5, 5.41) is 2.80. The van der Waals surface area contributed by atoms with E-state index in [9.17, 15) is 18.0 Å². The van der Waals surface area contributed by atoms with Gasteiger partial charge in [0.15, 0.2) is 0 Å². The molecule has 1 heterocycles. The van der Waals surface area contributed by atoms with Gasteiger partial charge in [-0.2, -0.15) is 0 Å². The highest BCUT2D eigenvalue weighted by atomic mass is 35.5. The maximum Gasteiger partial charge on any atom is 0.260 e. The molecule has 1 aliphatic rings. The third-order valence-electron chi connectivity index (χ3n) is 3.96. The summed E-state index contributed by atoms with van der Waals surface area (Å²) in [6, 6.07) is 10.8. The molecule has 3 rings (SSSR count). The van der Waals surface area contributed by atoms with Crippen LogP contribution in [-0.2, 0) is 14.8 Å². The van der Waals surface area contributed by atoms with Crippen LogP contribution in [0.4, 0.5) is 11.4 Å². The van der Waals surface area contributed by atoms with Crippen molar-refractivity contribution >= 4 is 44.8 Å². The number of fused-ring (bicyclic) bond motifs is 1. The average Bonchev–Trinajstić information content (AvgIpc) is 2.60. The molecule has 1 N–H and O–H groups in total. The van der Waals surface area contributed by atoms with Crippen molar-refractivity contribution in [3.63, 3.8) is 0 Å². The van der Waals surface area contributed by atoms with Crippen LogP contribution in [0.15, 0.2) is 47.4 Å². The van der Waals surface area contributed by atoms with E-state index in [0.29, 0.717) is 11.4 Å². The maximum absolute atomic E-state index is 13.0. The molecule has 0 bridgehead atoms. The first-order chi connectivity index (χ1) is 12.2. The van der Waals surface area contributed by atoms with Crippen LogP contribution in [-0.4, -0.2) is 45.2 Å². The zero-order valence-corrected chi connectivity index (χ0v) is 15.6. The molecule has 7 nitrogen and oxygen atoms in total. The lowest BCUT2D eigenvalue weighted by Gasteiger charge is -2.29. The maximum atomic E-state index is 13.0. The third kappa shape index (κ3) is 3.18. The summed E-state index contributed by atoms with van der Waals surface area (Å²) < 4.78 is 25.7. The number of halogens is 1. The fraction of sp³-hybridized carbons (Fsp3) is 0.176. The van der Waals surface area contributed by atoms with Gasteiger partial charge in [-0.3, -0.25) is 14.5 Å². The van der Waals surface area contributed by atoms with Crippen molar-refractivity contribution in [2.75, 3.05) is 30.9 Å². The first-order valence-electron chi connectivity index (χ1n) is 7.64. The predicted octanol–water partition coefficient (Wildman–Crippen LogP) is 2.19. The molecule has 26 heavy (non-hydrogen) atoms. The van der Waals surface area contributed by atoms with E-state index in [2.05, 4.69) is 5.32 Å². The predicted molar refractivity (Wildman–Crippen MR) is 99.1 cm³/mol. The summed E-state index contributed by atoms with van der Waals surface area (Å²) in [4.78, 5) is 26.2. The van der Waals surface area contributed by atoms with Crippen LogP contribution in [0, 0.1) is 0 Å². The number of sulfonamides is 1. The summed E-state index contributed by atoms with van der Waals surface area (Å²) in [6.45, 7) is -0.184. The van der Waals surface area contributed by atoms with Crippen LogP contribution in [0.25, 0.3) is 0 Å². The second-order valence-corrected chi connectivity index (χ2v) is 8.44. The smallest absolute Gasteiger partial charge is 0.260 e. The van der Waals surface area contributed by atoms with Gasteiger partial charge in [0.05, 0.1) is 26.9 Å². The van der Waals surface area contributed by atoms with E-state index in [1.54, 1.807) is 24.3 Å².